The SMILES string of the molecule is Cc1nc(C)n(Cc2occc2CNCC(C)C)n1. The monoisotopic (exact) mass is 262 g/mol. The summed E-state index contributed by atoms with van der Waals surface area (Å²) in [5, 5.41) is 7.79. The van der Waals surface area contributed by atoms with Crippen molar-refractivity contribution in [1.82, 2.24) is 20.1 Å². The number of hydrogen-bond donors (Lipinski definition) is 1. The summed E-state index contributed by atoms with van der Waals surface area (Å²) in [6.07, 6.45) is 1.74. The zero-order valence-electron chi connectivity index (χ0n) is 12.1. The van der Waals surface area contributed by atoms with Crippen LogP contribution >= 0.6 is 0 Å². The summed E-state index contributed by atoms with van der Waals surface area (Å²) in [5.41, 5.74) is 1.19. The van der Waals surface area contributed by atoms with Crippen LogP contribution in [-0.2, 0) is 13.1 Å². The number of rotatable bonds is 6. The maximum atomic E-state index is 5.56. The molecule has 1 N–H and O–H groups in total. The Morgan fingerprint density at radius 2 is 2.16 bits per heavy atom. The summed E-state index contributed by atoms with van der Waals surface area (Å²) in [4.78, 5) is 4.30. The summed E-state index contributed by atoms with van der Waals surface area (Å²) in [7, 11) is 0. The normalized spacial score (nSPS) is 11.4. The van der Waals surface area contributed by atoms with Gasteiger partial charge in [0.05, 0.1) is 6.26 Å². The van der Waals surface area contributed by atoms with E-state index >= 15 is 0 Å². The second-order valence-electron chi connectivity index (χ2n) is 5.26. The van der Waals surface area contributed by atoms with Crippen LogP contribution in [-0.4, -0.2) is 21.3 Å². The van der Waals surface area contributed by atoms with Crippen LogP contribution in [0.15, 0.2) is 16.7 Å². The molecule has 0 aliphatic carbocycles. The molecule has 2 aromatic heterocycles. The molecule has 0 fully saturated rings. The minimum absolute atomic E-state index is 0.637. The van der Waals surface area contributed by atoms with Crippen molar-refractivity contribution < 1.29 is 4.42 Å². The molecule has 0 amide bonds. The van der Waals surface area contributed by atoms with Gasteiger partial charge in [-0.05, 0) is 32.4 Å². The zero-order chi connectivity index (χ0) is 13.8. The molecule has 5 nitrogen and oxygen atoms in total. The number of aryl methyl sites for hydroxylation is 2. The van der Waals surface area contributed by atoms with E-state index < -0.39 is 0 Å². The van der Waals surface area contributed by atoms with Gasteiger partial charge >= 0.3 is 0 Å². The molecule has 0 aromatic carbocycles. The van der Waals surface area contributed by atoms with Gasteiger partial charge in [-0.25, -0.2) is 9.67 Å². The fourth-order valence-electron chi connectivity index (χ4n) is 2.01. The molecule has 2 aromatic rings. The lowest BCUT2D eigenvalue weighted by atomic mass is 10.2. The Labute approximate surface area is 114 Å². The molecule has 0 aliphatic heterocycles. The van der Waals surface area contributed by atoms with Gasteiger partial charge < -0.3 is 9.73 Å². The average Bonchev–Trinajstić information content (AvgIpc) is 2.87. The van der Waals surface area contributed by atoms with Crippen molar-refractivity contribution >= 4 is 0 Å². The Bertz CT molecular complexity index is 527. The minimum Gasteiger partial charge on any atom is -0.467 e. The maximum absolute atomic E-state index is 5.56. The first-order valence-electron chi connectivity index (χ1n) is 6.70. The first-order chi connectivity index (χ1) is 9.06. The predicted molar refractivity (Wildman–Crippen MR) is 73.9 cm³/mol. The molecule has 0 radical (unpaired) electrons. The lowest BCUT2D eigenvalue weighted by Crippen LogP contribution is -2.19. The van der Waals surface area contributed by atoms with Crippen molar-refractivity contribution in [2.75, 3.05) is 6.54 Å². The molecule has 19 heavy (non-hydrogen) atoms. The molecule has 104 valence electrons. The molecule has 0 saturated heterocycles. The molecule has 2 rings (SSSR count). The van der Waals surface area contributed by atoms with Crippen LogP contribution in [0.1, 0.15) is 36.8 Å². The van der Waals surface area contributed by atoms with Crippen molar-refractivity contribution in [3.8, 4) is 0 Å². The lowest BCUT2D eigenvalue weighted by Gasteiger charge is -2.08. The molecule has 2 heterocycles. The minimum atomic E-state index is 0.637. The van der Waals surface area contributed by atoms with E-state index in [1.807, 2.05) is 24.6 Å². The van der Waals surface area contributed by atoms with Crippen molar-refractivity contribution in [2.24, 2.45) is 5.92 Å². The van der Waals surface area contributed by atoms with Crippen molar-refractivity contribution in [2.45, 2.75) is 40.8 Å². The highest BCUT2D eigenvalue weighted by molar-refractivity contribution is 5.17. The number of nitrogens with zero attached hydrogens (tertiary/aromatic N) is 3. The Morgan fingerprint density at radius 1 is 1.37 bits per heavy atom. The summed E-state index contributed by atoms with van der Waals surface area (Å²) >= 11 is 0. The molecule has 0 spiro atoms. The third kappa shape index (κ3) is 3.67. The second kappa shape index (κ2) is 6.02. The molecule has 0 unspecified atom stereocenters. The van der Waals surface area contributed by atoms with Gasteiger partial charge in [-0.1, -0.05) is 13.8 Å². The average molecular weight is 262 g/mol. The predicted octanol–water partition coefficient (Wildman–Crippen LogP) is 2.28. The Morgan fingerprint density at radius 3 is 2.79 bits per heavy atom. The summed E-state index contributed by atoms with van der Waals surface area (Å²) in [6.45, 7) is 10.7. The Kier molecular flexibility index (Phi) is 4.37. The van der Waals surface area contributed by atoms with Gasteiger partial charge in [-0.2, -0.15) is 5.10 Å². The van der Waals surface area contributed by atoms with E-state index in [0.29, 0.717) is 12.5 Å². The highest BCUT2D eigenvalue weighted by Crippen LogP contribution is 2.13. The molecule has 0 atom stereocenters. The Balaban J connectivity index is 2.01. The molecule has 0 bridgehead atoms. The fraction of sp³-hybridized carbons (Fsp3) is 0.571. The van der Waals surface area contributed by atoms with Crippen LogP contribution in [0.2, 0.25) is 0 Å². The smallest absolute Gasteiger partial charge is 0.147 e. The van der Waals surface area contributed by atoms with Gasteiger partial charge in [0, 0.05) is 12.1 Å². The molecule has 0 aliphatic rings. The summed E-state index contributed by atoms with van der Waals surface area (Å²) in [5.74, 6) is 3.30. The third-order valence-electron chi connectivity index (χ3n) is 2.96. The first kappa shape index (κ1) is 13.8. The summed E-state index contributed by atoms with van der Waals surface area (Å²) < 4.78 is 7.44. The third-order valence-corrected chi connectivity index (χ3v) is 2.96. The van der Waals surface area contributed by atoms with Crippen LogP contribution < -0.4 is 5.32 Å². The van der Waals surface area contributed by atoms with Gasteiger partial charge in [-0.15, -0.1) is 0 Å². The van der Waals surface area contributed by atoms with E-state index in [2.05, 4.69) is 29.2 Å². The van der Waals surface area contributed by atoms with Crippen molar-refractivity contribution in [1.29, 1.82) is 0 Å². The maximum Gasteiger partial charge on any atom is 0.147 e. The highest BCUT2D eigenvalue weighted by atomic mass is 16.3. The number of nitrogens with one attached hydrogen (secondary N) is 1. The molecular formula is C14H22N4O. The van der Waals surface area contributed by atoms with Gasteiger partial charge in [-0.3, -0.25) is 0 Å². The van der Waals surface area contributed by atoms with Gasteiger partial charge in [0.25, 0.3) is 0 Å². The lowest BCUT2D eigenvalue weighted by molar-refractivity contribution is 0.465. The van der Waals surface area contributed by atoms with Gasteiger partial charge in [0.1, 0.15) is 24.0 Å². The van der Waals surface area contributed by atoms with Crippen LogP contribution in [0, 0.1) is 19.8 Å². The number of aromatic nitrogens is 3. The number of hydrogen-bond acceptors (Lipinski definition) is 4. The van der Waals surface area contributed by atoms with Crippen molar-refractivity contribution in [3.05, 3.63) is 35.3 Å². The highest BCUT2D eigenvalue weighted by Gasteiger charge is 2.10. The van der Waals surface area contributed by atoms with E-state index in [4.69, 9.17) is 4.42 Å². The van der Waals surface area contributed by atoms with Crippen LogP contribution in [0.3, 0.4) is 0 Å². The fourth-order valence-corrected chi connectivity index (χ4v) is 2.01. The van der Waals surface area contributed by atoms with Crippen LogP contribution in [0.25, 0.3) is 0 Å². The largest absolute Gasteiger partial charge is 0.467 e. The van der Waals surface area contributed by atoms with E-state index in [-0.39, 0.29) is 0 Å². The van der Waals surface area contributed by atoms with Crippen LogP contribution in [0.4, 0.5) is 0 Å². The van der Waals surface area contributed by atoms with Gasteiger partial charge in [0.2, 0.25) is 0 Å². The Hall–Kier alpha value is -1.62. The topological polar surface area (TPSA) is 55.9 Å². The van der Waals surface area contributed by atoms with E-state index in [1.165, 1.54) is 5.56 Å². The van der Waals surface area contributed by atoms with E-state index in [0.717, 1.165) is 30.5 Å². The standard InChI is InChI=1S/C14H22N4O/c1-10(2)7-15-8-13-5-6-19-14(13)9-18-12(4)16-11(3)17-18/h5-6,10,15H,7-9H2,1-4H3. The second-order valence-corrected chi connectivity index (χ2v) is 5.26. The summed E-state index contributed by atoms with van der Waals surface area (Å²) in [6, 6.07) is 2.02. The number of furan rings is 1. The van der Waals surface area contributed by atoms with Crippen LogP contribution in [0.5, 0.6) is 0 Å². The molecular weight excluding hydrogens is 240 g/mol. The van der Waals surface area contributed by atoms with E-state index in [1.54, 1.807) is 6.26 Å². The first-order valence-corrected chi connectivity index (χ1v) is 6.70. The quantitative estimate of drug-likeness (QED) is 0.867. The van der Waals surface area contributed by atoms with Gasteiger partial charge in [0.15, 0.2) is 0 Å². The molecule has 0 saturated carbocycles. The van der Waals surface area contributed by atoms with E-state index in [9.17, 15) is 0 Å². The van der Waals surface area contributed by atoms with Crippen molar-refractivity contribution in [3.63, 3.8) is 0 Å². The zero-order valence-corrected chi connectivity index (χ0v) is 12.1. The molecule has 5 heteroatoms.